The van der Waals surface area contributed by atoms with Crippen LogP contribution < -0.4 is 5.56 Å². The fourth-order valence-electron chi connectivity index (χ4n) is 2.97. The number of nitrogens with zero attached hydrogens (tertiary/aromatic N) is 3. The smallest absolute Gasteiger partial charge is 0.282 e. The summed E-state index contributed by atoms with van der Waals surface area (Å²) in [5.74, 6) is 1.07. The van der Waals surface area contributed by atoms with E-state index in [1.54, 1.807) is 6.07 Å². The van der Waals surface area contributed by atoms with E-state index in [2.05, 4.69) is 37.0 Å². The first-order chi connectivity index (χ1) is 15.1. The monoisotopic (exact) mass is 593 g/mol. The molecular formula is C23H18Br2ClN3O2S. The molecule has 2 aromatic heterocycles. The lowest BCUT2D eigenvalue weighted by Crippen LogP contribution is -2.29. The molecule has 4 aromatic rings. The van der Waals surface area contributed by atoms with Crippen LogP contribution in [0.5, 0.6) is 0 Å². The van der Waals surface area contributed by atoms with Crippen molar-refractivity contribution < 1.29 is 4.42 Å². The van der Waals surface area contributed by atoms with Crippen LogP contribution in [0.3, 0.4) is 0 Å². The predicted molar refractivity (Wildman–Crippen MR) is 137 cm³/mol. The van der Waals surface area contributed by atoms with Gasteiger partial charge >= 0.3 is 0 Å². The summed E-state index contributed by atoms with van der Waals surface area (Å²) in [6.07, 6.45) is 1.53. The Morgan fingerprint density at radius 2 is 1.84 bits per heavy atom. The Kier molecular flexibility index (Phi) is 6.68. The maximum atomic E-state index is 13.2. The Labute approximate surface area is 211 Å². The minimum atomic E-state index is -0.392. The number of aromatic nitrogens is 2. The fourth-order valence-corrected chi connectivity index (χ4v) is 4.78. The van der Waals surface area contributed by atoms with Gasteiger partial charge in [-0.1, -0.05) is 60.1 Å². The number of halogens is 3. The highest BCUT2D eigenvalue weighted by Crippen LogP contribution is 2.36. The summed E-state index contributed by atoms with van der Waals surface area (Å²) in [7, 11) is 0. The van der Waals surface area contributed by atoms with E-state index >= 15 is 0 Å². The van der Waals surface area contributed by atoms with Gasteiger partial charge in [-0.15, -0.1) is 0 Å². The highest BCUT2D eigenvalue weighted by molar-refractivity contribution is 9.10. The third-order valence-corrected chi connectivity index (χ3v) is 7.07. The predicted octanol–water partition coefficient (Wildman–Crippen LogP) is 7.50. The van der Waals surface area contributed by atoms with E-state index in [-0.39, 0.29) is 5.56 Å². The molecule has 0 atom stereocenters. The van der Waals surface area contributed by atoms with Crippen molar-refractivity contribution in [3.63, 3.8) is 0 Å². The van der Waals surface area contributed by atoms with E-state index in [4.69, 9.17) is 21.0 Å². The zero-order chi connectivity index (χ0) is 23.0. The summed E-state index contributed by atoms with van der Waals surface area (Å²) < 4.78 is 8.88. The molecule has 0 radical (unpaired) electrons. The molecule has 4 rings (SSSR count). The number of fused-ring (bicyclic) bond motifs is 1. The van der Waals surface area contributed by atoms with Crippen LogP contribution in [0, 0.1) is 0 Å². The maximum absolute atomic E-state index is 13.2. The zero-order valence-corrected chi connectivity index (χ0v) is 22.1. The van der Waals surface area contributed by atoms with E-state index in [1.165, 1.54) is 22.7 Å². The standard InChI is InChI=1S/C23H18Br2ClN3O2S/c1-23(2,3)22-28-19-9-4-13(24)10-17(19)20(30)29(22)27-12-15-11-18(25)21(31-15)32-16-7-5-14(26)6-8-16/h4-12H,1-3H3. The van der Waals surface area contributed by atoms with Gasteiger partial charge < -0.3 is 4.42 Å². The van der Waals surface area contributed by atoms with Gasteiger partial charge in [0.05, 0.1) is 21.6 Å². The van der Waals surface area contributed by atoms with E-state index in [0.717, 1.165) is 13.8 Å². The van der Waals surface area contributed by atoms with Gasteiger partial charge in [-0.25, -0.2) is 4.98 Å². The van der Waals surface area contributed by atoms with Crippen LogP contribution in [-0.2, 0) is 5.41 Å². The van der Waals surface area contributed by atoms with Gasteiger partial charge in [-0.2, -0.15) is 9.78 Å². The summed E-state index contributed by atoms with van der Waals surface area (Å²) in [6.45, 7) is 5.99. The molecule has 0 aliphatic heterocycles. The van der Waals surface area contributed by atoms with Gasteiger partial charge in [0.15, 0.2) is 5.09 Å². The van der Waals surface area contributed by atoms with Crippen LogP contribution in [0.2, 0.25) is 5.02 Å². The second kappa shape index (κ2) is 9.17. The molecule has 164 valence electrons. The third-order valence-electron chi connectivity index (χ3n) is 4.48. The molecular weight excluding hydrogens is 578 g/mol. The van der Waals surface area contributed by atoms with Crippen LogP contribution in [0.15, 0.2) is 81.8 Å². The van der Waals surface area contributed by atoms with Crippen molar-refractivity contribution in [3.8, 4) is 0 Å². The topological polar surface area (TPSA) is 60.4 Å². The Morgan fingerprint density at radius 1 is 1.12 bits per heavy atom. The summed E-state index contributed by atoms with van der Waals surface area (Å²) in [4.78, 5) is 19.0. The number of hydrogen-bond donors (Lipinski definition) is 0. The third kappa shape index (κ3) is 5.03. The SMILES string of the molecule is CC(C)(C)c1nc2ccc(Br)cc2c(=O)n1N=Cc1cc(Br)c(Sc2ccc(Cl)cc2)o1. The summed E-state index contributed by atoms with van der Waals surface area (Å²) in [5, 5.41) is 6.30. The first kappa shape index (κ1) is 23.3. The van der Waals surface area contributed by atoms with Crippen LogP contribution in [0.25, 0.3) is 10.9 Å². The number of hydrogen-bond acceptors (Lipinski definition) is 5. The summed E-state index contributed by atoms with van der Waals surface area (Å²) in [5.41, 5.74) is 0.00716. The van der Waals surface area contributed by atoms with Gasteiger partial charge in [0.1, 0.15) is 11.6 Å². The van der Waals surface area contributed by atoms with Gasteiger partial charge in [0, 0.05) is 25.9 Å². The molecule has 2 aromatic carbocycles. The first-order valence-corrected chi connectivity index (χ1v) is 12.4. The Morgan fingerprint density at radius 3 is 2.53 bits per heavy atom. The second-order valence-corrected chi connectivity index (χ2v) is 11.3. The van der Waals surface area contributed by atoms with Crippen molar-refractivity contribution >= 4 is 72.3 Å². The molecule has 0 saturated carbocycles. The summed E-state index contributed by atoms with van der Waals surface area (Å²) >= 11 is 14.4. The van der Waals surface area contributed by atoms with E-state index in [0.29, 0.717) is 32.6 Å². The van der Waals surface area contributed by atoms with Crippen molar-refractivity contribution in [2.45, 2.75) is 36.2 Å². The highest BCUT2D eigenvalue weighted by Gasteiger charge is 2.23. The average molecular weight is 596 g/mol. The molecule has 0 unspecified atom stereocenters. The highest BCUT2D eigenvalue weighted by atomic mass is 79.9. The molecule has 0 aliphatic carbocycles. The van der Waals surface area contributed by atoms with E-state index in [9.17, 15) is 4.79 Å². The number of furan rings is 1. The Balaban J connectivity index is 1.73. The Hall–Kier alpha value is -1.87. The molecule has 32 heavy (non-hydrogen) atoms. The second-order valence-electron chi connectivity index (χ2n) is 8.05. The molecule has 2 heterocycles. The van der Waals surface area contributed by atoms with Crippen molar-refractivity contribution in [2.75, 3.05) is 0 Å². The number of rotatable bonds is 4. The van der Waals surface area contributed by atoms with Crippen LogP contribution in [0.4, 0.5) is 0 Å². The molecule has 5 nitrogen and oxygen atoms in total. The molecule has 9 heteroatoms. The van der Waals surface area contributed by atoms with Gasteiger partial charge in [0.2, 0.25) is 0 Å². The molecule has 0 spiro atoms. The van der Waals surface area contributed by atoms with Gasteiger partial charge in [-0.05, 0) is 58.4 Å². The number of benzene rings is 2. The average Bonchev–Trinajstić information content (AvgIpc) is 3.07. The molecule has 0 saturated heterocycles. The minimum Gasteiger partial charge on any atom is -0.447 e. The van der Waals surface area contributed by atoms with E-state index < -0.39 is 5.41 Å². The van der Waals surface area contributed by atoms with Gasteiger partial charge in [-0.3, -0.25) is 4.79 Å². The van der Waals surface area contributed by atoms with Crippen molar-refractivity contribution in [1.29, 1.82) is 0 Å². The minimum absolute atomic E-state index is 0.237. The van der Waals surface area contributed by atoms with Crippen molar-refractivity contribution in [3.05, 3.63) is 84.4 Å². The largest absolute Gasteiger partial charge is 0.447 e. The molecule has 0 bridgehead atoms. The quantitative estimate of drug-likeness (QED) is 0.229. The zero-order valence-electron chi connectivity index (χ0n) is 17.4. The lowest BCUT2D eigenvalue weighted by molar-refractivity contribution is 0.464. The molecule has 0 N–H and O–H groups in total. The lowest BCUT2D eigenvalue weighted by Gasteiger charge is -2.20. The molecule has 0 amide bonds. The van der Waals surface area contributed by atoms with Gasteiger partial charge in [0.25, 0.3) is 5.56 Å². The van der Waals surface area contributed by atoms with Crippen LogP contribution in [0.1, 0.15) is 32.4 Å². The molecule has 0 aliphatic rings. The normalized spacial score (nSPS) is 12.2. The Bertz CT molecular complexity index is 1390. The summed E-state index contributed by atoms with van der Waals surface area (Å²) in [6, 6.07) is 14.8. The van der Waals surface area contributed by atoms with Crippen LogP contribution >= 0.6 is 55.2 Å². The van der Waals surface area contributed by atoms with Crippen molar-refractivity contribution in [2.24, 2.45) is 5.10 Å². The van der Waals surface area contributed by atoms with Crippen LogP contribution in [-0.4, -0.2) is 15.9 Å². The first-order valence-electron chi connectivity index (χ1n) is 9.62. The fraction of sp³-hybridized carbons (Fsp3) is 0.174. The van der Waals surface area contributed by atoms with Crippen molar-refractivity contribution in [1.82, 2.24) is 9.66 Å². The van der Waals surface area contributed by atoms with E-state index in [1.807, 2.05) is 63.2 Å². The lowest BCUT2D eigenvalue weighted by atomic mass is 9.95. The molecule has 0 fully saturated rings. The maximum Gasteiger partial charge on any atom is 0.282 e.